The molecule has 3 fully saturated rings. The van der Waals surface area contributed by atoms with Crippen molar-refractivity contribution in [3.05, 3.63) is 69.7 Å². The van der Waals surface area contributed by atoms with Gasteiger partial charge in [0, 0.05) is 89.4 Å². The van der Waals surface area contributed by atoms with Gasteiger partial charge in [-0.2, -0.15) is 13.2 Å². The molecule has 0 radical (unpaired) electrons. The van der Waals surface area contributed by atoms with Gasteiger partial charge in [0.05, 0.1) is 30.1 Å². The Morgan fingerprint density at radius 1 is 0.663 bits per heavy atom. The van der Waals surface area contributed by atoms with Crippen molar-refractivity contribution in [2.24, 2.45) is 17.8 Å². The molecule has 0 aromatic heterocycles. The summed E-state index contributed by atoms with van der Waals surface area (Å²) in [6, 6.07) is -3.84. The van der Waals surface area contributed by atoms with E-state index in [9.17, 15) is 60.3 Å². The summed E-state index contributed by atoms with van der Waals surface area (Å²) < 4.78 is 71.7. The Hall–Kier alpha value is -8.02. The predicted molar refractivity (Wildman–Crippen MR) is 381 cm³/mol. The Balaban J connectivity index is 1.68. The summed E-state index contributed by atoms with van der Waals surface area (Å²) >= 11 is 6.14. The van der Waals surface area contributed by atoms with Gasteiger partial charge in [0.15, 0.2) is 0 Å². The van der Waals surface area contributed by atoms with E-state index in [0.717, 1.165) is 48.3 Å². The number of carbonyl (C=O) groups is 12. The zero-order valence-electron chi connectivity index (χ0n) is 63.5. The summed E-state index contributed by atoms with van der Waals surface area (Å²) in [5, 5.41) is 7.50. The summed E-state index contributed by atoms with van der Waals surface area (Å²) in [5.74, 6) is -14.0. The molecule has 0 saturated carbocycles. The molecular formula is C73H109ClF5N13O12. The third-order valence-corrected chi connectivity index (χ3v) is 21.1. The van der Waals surface area contributed by atoms with Crippen LogP contribution in [0.25, 0.3) is 0 Å². The van der Waals surface area contributed by atoms with E-state index in [1.165, 1.54) is 102 Å². The summed E-state index contributed by atoms with van der Waals surface area (Å²) in [6.45, 7) is 13.9. The van der Waals surface area contributed by atoms with E-state index in [1.807, 2.05) is 20.8 Å². The predicted octanol–water partition coefficient (Wildman–Crippen LogP) is 5.11. The third-order valence-electron chi connectivity index (χ3n) is 20.8. The van der Waals surface area contributed by atoms with Crippen LogP contribution in [0, 0.1) is 24.7 Å². The first-order chi connectivity index (χ1) is 48.4. The van der Waals surface area contributed by atoms with E-state index in [-0.39, 0.29) is 82.5 Å². The smallest absolute Gasteiger partial charge is 0.347 e. The molecule has 12 amide bonds. The molecule has 104 heavy (non-hydrogen) atoms. The Morgan fingerprint density at radius 3 is 1.81 bits per heavy atom. The Morgan fingerprint density at radius 2 is 1.26 bits per heavy atom. The Labute approximate surface area is 613 Å². The van der Waals surface area contributed by atoms with Gasteiger partial charge in [-0.25, -0.2) is 8.78 Å². The van der Waals surface area contributed by atoms with Crippen LogP contribution in [0.5, 0.6) is 0 Å². The van der Waals surface area contributed by atoms with Crippen molar-refractivity contribution in [2.45, 2.75) is 205 Å². The quantitative estimate of drug-likeness (QED) is 0.196. The lowest BCUT2D eigenvalue weighted by Crippen LogP contribution is -2.65. The van der Waals surface area contributed by atoms with Crippen LogP contribution in [-0.2, 0) is 76.6 Å². The molecular weight excluding hydrogens is 1380 g/mol. The molecule has 0 unspecified atom stereocenters. The van der Waals surface area contributed by atoms with Gasteiger partial charge in [0.2, 0.25) is 70.9 Å². The van der Waals surface area contributed by atoms with Crippen LogP contribution in [0.2, 0.25) is 5.02 Å². The Kier molecular flexibility index (Phi) is 31.1. The fourth-order valence-corrected chi connectivity index (χ4v) is 13.7. The van der Waals surface area contributed by atoms with Gasteiger partial charge < -0.3 is 60.0 Å². The van der Waals surface area contributed by atoms with Crippen molar-refractivity contribution in [1.82, 2.24) is 64.9 Å². The van der Waals surface area contributed by atoms with E-state index in [1.54, 1.807) is 52.0 Å². The van der Waals surface area contributed by atoms with Crippen LogP contribution < -0.4 is 16.0 Å². The average Bonchev–Trinajstić information content (AvgIpc) is 0.789. The first-order valence-electron chi connectivity index (χ1n) is 35.7. The highest BCUT2D eigenvalue weighted by Crippen LogP contribution is 2.36. The number of likely N-dealkylation sites (N-methyl/N-ethyl adjacent to an activating group) is 8. The largest absolute Gasteiger partial charge is 0.417 e. The number of nitrogens with one attached hydrogen (secondary N) is 3. The van der Waals surface area contributed by atoms with E-state index in [2.05, 4.69) is 16.0 Å². The fourth-order valence-electron chi connectivity index (χ4n) is 13.4. The zero-order chi connectivity index (χ0) is 78.5. The van der Waals surface area contributed by atoms with Gasteiger partial charge in [-0.3, -0.25) is 62.4 Å². The van der Waals surface area contributed by atoms with E-state index in [0.29, 0.717) is 12.0 Å². The zero-order valence-corrected chi connectivity index (χ0v) is 64.3. The number of aryl methyl sites for hydroxylation is 2. The van der Waals surface area contributed by atoms with Gasteiger partial charge in [-0.1, -0.05) is 102 Å². The van der Waals surface area contributed by atoms with Crippen molar-refractivity contribution < 1.29 is 79.5 Å². The number of amides is 12. The van der Waals surface area contributed by atoms with Crippen LogP contribution in [0.4, 0.5) is 22.0 Å². The van der Waals surface area contributed by atoms with Gasteiger partial charge >= 0.3 is 6.18 Å². The molecule has 3 heterocycles. The molecule has 580 valence electrons. The van der Waals surface area contributed by atoms with E-state index in [4.69, 9.17) is 11.6 Å². The number of nitrogens with zero attached hydrogens (tertiary/aromatic N) is 10. The number of fused-ring (bicyclic) bond motifs is 1. The van der Waals surface area contributed by atoms with Crippen LogP contribution in [0.3, 0.4) is 0 Å². The summed E-state index contributed by atoms with van der Waals surface area (Å²) in [6.07, 6.45) is -5.96. The maximum Gasteiger partial charge on any atom is 0.417 e. The summed E-state index contributed by atoms with van der Waals surface area (Å²) in [4.78, 5) is 190. The average molecular weight is 1490 g/mol. The second-order valence-electron chi connectivity index (χ2n) is 29.2. The molecule has 3 saturated heterocycles. The third kappa shape index (κ3) is 22.0. The van der Waals surface area contributed by atoms with Crippen LogP contribution in [-0.4, -0.2) is 282 Å². The van der Waals surface area contributed by atoms with Crippen molar-refractivity contribution in [3.63, 3.8) is 0 Å². The lowest BCUT2D eigenvalue weighted by Gasteiger charge is -2.45. The number of hydrogen-bond acceptors (Lipinski definition) is 13. The van der Waals surface area contributed by atoms with Gasteiger partial charge in [-0.15, -0.1) is 0 Å². The second kappa shape index (κ2) is 37.3. The van der Waals surface area contributed by atoms with Crippen molar-refractivity contribution >= 4 is 82.5 Å². The van der Waals surface area contributed by atoms with E-state index < -0.39 is 192 Å². The van der Waals surface area contributed by atoms with E-state index >= 15 is 19.2 Å². The molecule has 2 aromatic carbocycles. The maximum absolute atomic E-state index is 15.3. The topological polar surface area (TPSA) is 273 Å². The molecule has 3 aliphatic heterocycles. The minimum Gasteiger partial charge on any atom is -0.347 e. The SMILES string of the molecule is CC[C@H](C)[C@@H]1NC(=O)[C@H](CC(C)C)N(C)C(=O)C[C@@H](C(=O)N(C)C)N(C)C(=O)[C@H]([C@@H](C)CC)N(C)C(=O)[C@H](C)NC(=O)[C@H](CCN2CCCC(F)(F)C2)N(C)C(=O)[C@H](CCc2ccc(C(F)(F)F)c(Cl)c2)NC(=O)CN(C)C(=O)[C@H](Cc2ccc(C)cc2)N(C)C(=O)[C@@H]2CCN2C(=O)[C@H](C)N(C)C1=O. The highest BCUT2D eigenvalue weighted by Gasteiger charge is 2.47. The molecule has 3 N–H and O–H groups in total. The minimum absolute atomic E-state index is 0.0663. The number of carbonyl (C=O) groups excluding carboxylic acids is 12. The molecule has 0 aliphatic carbocycles. The first kappa shape index (κ1) is 86.6. The normalized spacial score (nSPS) is 26.1. The molecule has 5 rings (SSSR count). The van der Waals surface area contributed by atoms with Crippen LogP contribution in [0.1, 0.15) is 135 Å². The van der Waals surface area contributed by atoms with Gasteiger partial charge in [0.1, 0.15) is 60.4 Å². The molecule has 31 heteroatoms. The standard InChI is InChI=1S/C73H109ClF5N13O12/c1-19-44(6)60-70(103)85(13)47(9)65(98)92-35-31-54(92)69(102)88(16)56(38-49-24-22-43(5)23-25-49)68(101)84(12)40-58(93)81-52(29-27-48-26-28-50(51(74)37-48)73(77,78)79)66(99)87(15)53(30-34-91-33-21-32-72(75,76)41-91)62(95)80-46(8)64(97)90(18)61(45(7)20-2)71(104)89(17)57(67(100)83(10)11)39-59(94)86(14)55(36-42(3)4)63(96)82-60/h22-26,28,37,42,44-47,52-57,60-61H,19-21,27,29-36,38-41H2,1-18H3,(H,80,95)(H,81,93)(H,82,96)/t44-,45-,46-,47-,52-,53-,54-,55-,56-,57-,60-,61-/m0/s1. The van der Waals surface area contributed by atoms with Crippen LogP contribution in [0.15, 0.2) is 42.5 Å². The number of alkyl halides is 5. The number of piperidine rings is 1. The molecule has 25 nitrogen and oxygen atoms in total. The van der Waals surface area contributed by atoms with Crippen molar-refractivity contribution in [1.29, 1.82) is 0 Å². The minimum atomic E-state index is -4.83. The molecule has 0 bridgehead atoms. The molecule has 0 spiro atoms. The fraction of sp³-hybridized carbons (Fsp3) is 0.671. The van der Waals surface area contributed by atoms with Crippen molar-refractivity contribution in [3.8, 4) is 0 Å². The molecule has 2 aromatic rings. The lowest BCUT2D eigenvalue weighted by atomic mass is 9.94. The van der Waals surface area contributed by atoms with Gasteiger partial charge in [-0.05, 0) is 107 Å². The number of rotatable bonds is 15. The first-order valence-corrected chi connectivity index (χ1v) is 36.0. The van der Waals surface area contributed by atoms with Gasteiger partial charge in [0.25, 0.3) is 5.92 Å². The summed E-state index contributed by atoms with van der Waals surface area (Å²) in [7, 11) is 12.1. The number of halogens is 6. The van der Waals surface area contributed by atoms with Crippen molar-refractivity contribution in [2.75, 3.05) is 96.2 Å². The van der Waals surface area contributed by atoms with Crippen LogP contribution >= 0.6 is 11.6 Å². The monoisotopic (exact) mass is 1490 g/mol. The Bertz CT molecular complexity index is 3420. The highest BCUT2D eigenvalue weighted by molar-refractivity contribution is 6.31. The maximum atomic E-state index is 15.3. The summed E-state index contributed by atoms with van der Waals surface area (Å²) in [5.41, 5.74) is 0.537. The molecule has 12 atom stereocenters. The lowest BCUT2D eigenvalue weighted by molar-refractivity contribution is -0.160. The number of hydrogen-bond donors (Lipinski definition) is 3. The number of likely N-dealkylation sites (tertiary alicyclic amines) is 1. The molecule has 3 aliphatic rings. The highest BCUT2D eigenvalue weighted by atomic mass is 35.5. The number of benzene rings is 2. The second-order valence-corrected chi connectivity index (χ2v) is 29.6.